The van der Waals surface area contributed by atoms with Crippen LogP contribution in [0.5, 0.6) is 5.75 Å². The van der Waals surface area contributed by atoms with Gasteiger partial charge in [-0.25, -0.2) is 4.98 Å². The Hall–Kier alpha value is -3.31. The van der Waals surface area contributed by atoms with E-state index in [2.05, 4.69) is 16.0 Å². The van der Waals surface area contributed by atoms with E-state index in [1.54, 1.807) is 0 Å². The number of benzene rings is 3. The van der Waals surface area contributed by atoms with Gasteiger partial charge in [0.2, 0.25) is 0 Å². The second kappa shape index (κ2) is 9.88. The fraction of sp³-hybridized carbons (Fsp3) is 0.231. The molecule has 0 fully saturated rings. The molecule has 1 amide bonds. The Morgan fingerprint density at radius 3 is 2.66 bits per heavy atom. The van der Waals surface area contributed by atoms with Crippen molar-refractivity contribution in [1.82, 2.24) is 14.9 Å². The van der Waals surface area contributed by atoms with Crippen LogP contribution in [0.2, 0.25) is 5.02 Å². The Bertz CT molecular complexity index is 1220. The topological polar surface area (TPSA) is 56.2 Å². The number of carbonyl (C=O) groups excluding carboxylic acids is 1. The van der Waals surface area contributed by atoms with Crippen LogP contribution in [0.1, 0.15) is 41.1 Å². The minimum atomic E-state index is -0.243. The Morgan fingerprint density at radius 2 is 1.88 bits per heavy atom. The van der Waals surface area contributed by atoms with Crippen molar-refractivity contribution in [2.75, 3.05) is 6.61 Å². The van der Waals surface area contributed by atoms with Crippen LogP contribution >= 0.6 is 11.6 Å². The van der Waals surface area contributed by atoms with Crippen LogP contribution in [0.3, 0.4) is 0 Å². The number of fused-ring (bicyclic) bond motifs is 1. The van der Waals surface area contributed by atoms with Crippen molar-refractivity contribution in [3.05, 3.63) is 94.8 Å². The average molecular weight is 448 g/mol. The lowest BCUT2D eigenvalue weighted by Crippen LogP contribution is -2.29. The Balaban J connectivity index is 1.48. The first-order valence-corrected chi connectivity index (χ1v) is 11.1. The lowest BCUT2D eigenvalue weighted by Gasteiger charge is -2.17. The highest BCUT2D eigenvalue weighted by molar-refractivity contribution is 6.30. The molecule has 32 heavy (non-hydrogen) atoms. The van der Waals surface area contributed by atoms with E-state index >= 15 is 0 Å². The van der Waals surface area contributed by atoms with Crippen molar-refractivity contribution in [2.45, 2.75) is 32.9 Å². The highest BCUT2D eigenvalue weighted by Crippen LogP contribution is 2.22. The maximum absolute atomic E-state index is 12.8. The molecule has 164 valence electrons. The summed E-state index contributed by atoms with van der Waals surface area (Å²) in [6, 6.07) is 22.7. The summed E-state index contributed by atoms with van der Waals surface area (Å²) in [7, 11) is 0. The normalized spacial score (nSPS) is 12.0. The fourth-order valence-electron chi connectivity index (χ4n) is 3.73. The van der Waals surface area contributed by atoms with Crippen LogP contribution in [0.15, 0.2) is 72.8 Å². The van der Waals surface area contributed by atoms with Gasteiger partial charge >= 0.3 is 0 Å². The molecule has 5 nitrogen and oxygen atoms in total. The minimum Gasteiger partial charge on any atom is -0.494 e. The molecule has 0 saturated heterocycles. The monoisotopic (exact) mass is 447 g/mol. The SMILES string of the molecule is Cc1cccc(C(=O)NC(C)c2nc3ccccc3n2CCCOc2ccc(Cl)cc2)c1. The summed E-state index contributed by atoms with van der Waals surface area (Å²) in [5.74, 6) is 1.52. The molecule has 1 unspecified atom stereocenters. The molecule has 0 spiro atoms. The van der Waals surface area contributed by atoms with Crippen LogP contribution in [0.25, 0.3) is 11.0 Å². The zero-order valence-electron chi connectivity index (χ0n) is 18.2. The van der Waals surface area contributed by atoms with E-state index in [9.17, 15) is 4.79 Å². The van der Waals surface area contributed by atoms with Crippen LogP contribution in [0.4, 0.5) is 0 Å². The molecule has 1 heterocycles. The van der Waals surface area contributed by atoms with E-state index in [1.165, 1.54) is 0 Å². The van der Waals surface area contributed by atoms with Gasteiger partial charge in [0, 0.05) is 17.1 Å². The van der Waals surface area contributed by atoms with E-state index < -0.39 is 0 Å². The highest BCUT2D eigenvalue weighted by atomic mass is 35.5. The van der Waals surface area contributed by atoms with Crippen LogP contribution < -0.4 is 10.1 Å². The molecule has 4 rings (SSSR count). The molecule has 0 saturated carbocycles. The number of nitrogens with zero attached hydrogens (tertiary/aromatic N) is 2. The fourth-order valence-corrected chi connectivity index (χ4v) is 3.86. The van der Waals surface area contributed by atoms with Crippen molar-refractivity contribution < 1.29 is 9.53 Å². The van der Waals surface area contributed by atoms with Gasteiger partial charge < -0.3 is 14.6 Å². The molecule has 0 aliphatic rings. The van der Waals surface area contributed by atoms with Crippen molar-refractivity contribution in [2.24, 2.45) is 0 Å². The van der Waals surface area contributed by atoms with Gasteiger partial charge in [-0.1, -0.05) is 41.4 Å². The summed E-state index contributed by atoms with van der Waals surface area (Å²) >= 11 is 5.93. The Morgan fingerprint density at radius 1 is 1.09 bits per heavy atom. The summed E-state index contributed by atoms with van der Waals surface area (Å²) < 4.78 is 8.01. The summed E-state index contributed by atoms with van der Waals surface area (Å²) in [6.07, 6.45) is 0.800. The molecule has 0 bridgehead atoms. The maximum atomic E-state index is 12.8. The number of ether oxygens (including phenoxy) is 1. The molecular weight excluding hydrogens is 422 g/mol. The van der Waals surface area contributed by atoms with E-state index in [4.69, 9.17) is 21.3 Å². The van der Waals surface area contributed by atoms with Gasteiger partial charge in [-0.2, -0.15) is 0 Å². The number of aromatic nitrogens is 2. The second-order valence-electron chi connectivity index (χ2n) is 7.83. The average Bonchev–Trinajstić information content (AvgIpc) is 3.16. The molecule has 0 aliphatic carbocycles. The van der Waals surface area contributed by atoms with Gasteiger partial charge in [0.15, 0.2) is 0 Å². The molecular formula is C26H26ClN3O2. The highest BCUT2D eigenvalue weighted by Gasteiger charge is 2.19. The largest absolute Gasteiger partial charge is 0.494 e. The molecule has 1 atom stereocenters. The van der Waals surface area contributed by atoms with Gasteiger partial charge in [-0.3, -0.25) is 4.79 Å². The van der Waals surface area contributed by atoms with Crippen molar-refractivity contribution in [3.8, 4) is 5.75 Å². The lowest BCUT2D eigenvalue weighted by atomic mass is 10.1. The molecule has 0 aliphatic heterocycles. The first-order chi connectivity index (χ1) is 15.5. The number of carbonyl (C=O) groups is 1. The number of rotatable bonds is 8. The third-order valence-electron chi connectivity index (χ3n) is 5.31. The third-order valence-corrected chi connectivity index (χ3v) is 5.56. The van der Waals surface area contributed by atoms with Crippen LogP contribution in [-0.4, -0.2) is 22.1 Å². The predicted molar refractivity (Wildman–Crippen MR) is 128 cm³/mol. The number of hydrogen-bond donors (Lipinski definition) is 1. The van der Waals surface area contributed by atoms with Crippen molar-refractivity contribution >= 4 is 28.5 Å². The summed E-state index contributed by atoms with van der Waals surface area (Å²) in [6.45, 7) is 5.24. The Labute approximate surface area is 193 Å². The third kappa shape index (κ3) is 5.11. The van der Waals surface area contributed by atoms with Crippen LogP contribution in [0, 0.1) is 6.92 Å². The van der Waals surface area contributed by atoms with Crippen LogP contribution in [-0.2, 0) is 6.54 Å². The van der Waals surface area contributed by atoms with Gasteiger partial charge in [0.05, 0.1) is 23.7 Å². The second-order valence-corrected chi connectivity index (χ2v) is 8.27. The number of hydrogen-bond acceptors (Lipinski definition) is 3. The molecule has 3 aromatic carbocycles. The van der Waals surface area contributed by atoms with E-state index in [0.717, 1.165) is 41.1 Å². The lowest BCUT2D eigenvalue weighted by molar-refractivity contribution is 0.0937. The number of halogens is 1. The minimum absolute atomic E-state index is 0.106. The zero-order chi connectivity index (χ0) is 22.5. The van der Waals surface area contributed by atoms with E-state index in [-0.39, 0.29) is 11.9 Å². The number of nitrogens with one attached hydrogen (secondary N) is 1. The summed E-state index contributed by atoms with van der Waals surface area (Å²) in [4.78, 5) is 17.6. The molecule has 1 N–H and O–H groups in total. The number of para-hydroxylation sites is 2. The maximum Gasteiger partial charge on any atom is 0.251 e. The van der Waals surface area contributed by atoms with E-state index in [0.29, 0.717) is 17.2 Å². The van der Waals surface area contributed by atoms with Gasteiger partial charge in [0.1, 0.15) is 11.6 Å². The standard InChI is InChI=1S/C26H26ClN3O2/c1-18-7-5-8-20(17-18)26(31)28-19(2)25-29-23-9-3-4-10-24(23)30(25)15-6-16-32-22-13-11-21(27)12-14-22/h3-5,7-14,17,19H,6,15-16H2,1-2H3,(H,28,31). The first kappa shape index (κ1) is 21.9. The zero-order valence-corrected chi connectivity index (χ0v) is 19.0. The first-order valence-electron chi connectivity index (χ1n) is 10.7. The van der Waals surface area contributed by atoms with Gasteiger partial charge in [-0.15, -0.1) is 0 Å². The number of imidazole rings is 1. The summed E-state index contributed by atoms with van der Waals surface area (Å²) in [5.41, 5.74) is 3.66. The van der Waals surface area contributed by atoms with Crippen molar-refractivity contribution in [1.29, 1.82) is 0 Å². The molecule has 6 heteroatoms. The summed E-state index contributed by atoms with van der Waals surface area (Å²) in [5, 5.41) is 3.79. The van der Waals surface area contributed by atoms with Gasteiger partial charge in [0.25, 0.3) is 5.91 Å². The quantitative estimate of drug-likeness (QED) is 0.339. The molecule has 1 aromatic heterocycles. The smallest absolute Gasteiger partial charge is 0.251 e. The van der Waals surface area contributed by atoms with Gasteiger partial charge in [-0.05, 0) is 68.8 Å². The number of aryl methyl sites for hydroxylation is 2. The predicted octanol–water partition coefficient (Wildman–Crippen LogP) is 5.96. The molecule has 4 aromatic rings. The van der Waals surface area contributed by atoms with Crippen molar-refractivity contribution in [3.63, 3.8) is 0 Å². The van der Waals surface area contributed by atoms with E-state index in [1.807, 2.05) is 80.6 Å². The number of amides is 1. The Kier molecular flexibility index (Phi) is 6.76. The molecule has 0 radical (unpaired) electrons.